The van der Waals surface area contributed by atoms with Gasteiger partial charge in [0.05, 0.1) is 5.71 Å². The monoisotopic (exact) mass is 322 g/mol. The molecule has 23 heavy (non-hydrogen) atoms. The lowest BCUT2D eigenvalue weighted by atomic mass is 10.0. The van der Waals surface area contributed by atoms with Gasteiger partial charge in [-0.1, -0.05) is 48.0 Å². The predicted octanol–water partition coefficient (Wildman–Crippen LogP) is 4.65. The van der Waals surface area contributed by atoms with E-state index in [0.717, 1.165) is 16.7 Å². The van der Waals surface area contributed by atoms with Crippen molar-refractivity contribution in [2.24, 2.45) is 5.10 Å². The normalized spacial score (nSPS) is 11.5. The first kappa shape index (κ1) is 15.3. The Bertz CT molecular complexity index is 885. The maximum atomic E-state index is 12.0. The van der Waals surface area contributed by atoms with E-state index in [1.165, 1.54) is 5.39 Å². The van der Waals surface area contributed by atoms with Gasteiger partial charge in [0.25, 0.3) is 5.91 Å². The van der Waals surface area contributed by atoms with E-state index >= 15 is 0 Å². The molecule has 0 bridgehead atoms. The van der Waals surface area contributed by atoms with Crippen molar-refractivity contribution in [2.45, 2.75) is 6.92 Å². The topological polar surface area (TPSA) is 41.5 Å². The van der Waals surface area contributed by atoms with Gasteiger partial charge in [0.1, 0.15) is 0 Å². The average Bonchev–Trinajstić information content (AvgIpc) is 2.59. The zero-order chi connectivity index (χ0) is 16.2. The highest BCUT2D eigenvalue weighted by Gasteiger charge is 2.05. The molecule has 0 fully saturated rings. The summed E-state index contributed by atoms with van der Waals surface area (Å²) in [5, 5.41) is 7.10. The molecule has 3 rings (SSSR count). The van der Waals surface area contributed by atoms with Gasteiger partial charge in [-0.2, -0.15) is 5.10 Å². The minimum Gasteiger partial charge on any atom is -0.267 e. The third-order valence-corrected chi connectivity index (χ3v) is 3.85. The Kier molecular flexibility index (Phi) is 4.40. The second-order valence-corrected chi connectivity index (χ2v) is 5.64. The van der Waals surface area contributed by atoms with Crippen LogP contribution in [-0.4, -0.2) is 11.6 Å². The van der Waals surface area contributed by atoms with Crippen molar-refractivity contribution in [1.29, 1.82) is 0 Å². The molecule has 1 amide bonds. The Morgan fingerprint density at radius 2 is 1.57 bits per heavy atom. The van der Waals surface area contributed by atoms with Gasteiger partial charge in [0.15, 0.2) is 0 Å². The Labute approximate surface area is 139 Å². The lowest BCUT2D eigenvalue weighted by Crippen LogP contribution is -2.19. The molecule has 0 aliphatic rings. The molecular weight excluding hydrogens is 308 g/mol. The fraction of sp³-hybridized carbons (Fsp3) is 0.0526. The van der Waals surface area contributed by atoms with Gasteiger partial charge in [0.2, 0.25) is 0 Å². The van der Waals surface area contributed by atoms with Crippen molar-refractivity contribution in [1.82, 2.24) is 5.43 Å². The second kappa shape index (κ2) is 6.63. The van der Waals surface area contributed by atoms with Crippen LogP contribution in [0, 0.1) is 0 Å². The molecule has 0 saturated carbocycles. The molecule has 1 N–H and O–H groups in total. The van der Waals surface area contributed by atoms with Crippen molar-refractivity contribution >= 4 is 34.0 Å². The third-order valence-electron chi connectivity index (χ3n) is 3.60. The molecule has 0 spiro atoms. The van der Waals surface area contributed by atoms with Crippen molar-refractivity contribution < 1.29 is 4.79 Å². The van der Waals surface area contributed by atoms with Gasteiger partial charge >= 0.3 is 0 Å². The van der Waals surface area contributed by atoms with E-state index in [0.29, 0.717) is 10.6 Å². The summed E-state index contributed by atoms with van der Waals surface area (Å²) in [7, 11) is 0. The molecule has 0 aromatic heterocycles. The average molecular weight is 323 g/mol. The fourth-order valence-corrected chi connectivity index (χ4v) is 2.41. The molecule has 0 atom stereocenters. The number of amides is 1. The van der Waals surface area contributed by atoms with Crippen LogP contribution >= 0.6 is 11.6 Å². The van der Waals surface area contributed by atoms with E-state index in [-0.39, 0.29) is 5.91 Å². The number of hydrogen-bond acceptors (Lipinski definition) is 2. The molecule has 3 nitrogen and oxygen atoms in total. The van der Waals surface area contributed by atoms with Crippen LogP contribution in [-0.2, 0) is 0 Å². The second-order valence-electron chi connectivity index (χ2n) is 5.21. The zero-order valence-electron chi connectivity index (χ0n) is 12.6. The van der Waals surface area contributed by atoms with E-state index in [2.05, 4.69) is 28.7 Å². The fourth-order valence-electron chi connectivity index (χ4n) is 2.28. The number of fused-ring (bicyclic) bond motifs is 1. The lowest BCUT2D eigenvalue weighted by Gasteiger charge is -2.05. The third kappa shape index (κ3) is 3.58. The van der Waals surface area contributed by atoms with Crippen molar-refractivity contribution in [3.05, 3.63) is 82.9 Å². The Balaban J connectivity index is 1.78. The van der Waals surface area contributed by atoms with Gasteiger partial charge in [-0.05, 0) is 53.6 Å². The van der Waals surface area contributed by atoms with E-state index in [1.54, 1.807) is 24.3 Å². The zero-order valence-corrected chi connectivity index (χ0v) is 13.3. The molecule has 0 radical (unpaired) electrons. The number of nitrogens with one attached hydrogen (secondary N) is 1. The van der Waals surface area contributed by atoms with Crippen LogP contribution in [0.5, 0.6) is 0 Å². The van der Waals surface area contributed by atoms with Crippen molar-refractivity contribution in [3.63, 3.8) is 0 Å². The SMILES string of the molecule is C/C(=N/NC(=O)c1ccc(Cl)cc1)c1ccc2ccccc2c1. The van der Waals surface area contributed by atoms with E-state index in [9.17, 15) is 4.79 Å². The highest BCUT2D eigenvalue weighted by Crippen LogP contribution is 2.16. The summed E-state index contributed by atoms with van der Waals surface area (Å²) >= 11 is 5.81. The summed E-state index contributed by atoms with van der Waals surface area (Å²) in [5.41, 5.74) is 4.81. The van der Waals surface area contributed by atoms with Crippen molar-refractivity contribution in [3.8, 4) is 0 Å². The van der Waals surface area contributed by atoms with Crippen LogP contribution < -0.4 is 5.43 Å². The highest BCUT2D eigenvalue weighted by atomic mass is 35.5. The minimum atomic E-state index is -0.262. The van der Waals surface area contributed by atoms with Gasteiger partial charge < -0.3 is 0 Å². The van der Waals surface area contributed by atoms with Crippen LogP contribution in [0.25, 0.3) is 10.8 Å². The maximum absolute atomic E-state index is 12.0. The summed E-state index contributed by atoms with van der Waals surface area (Å²) in [6.45, 7) is 1.87. The number of hydrogen-bond donors (Lipinski definition) is 1. The van der Waals surface area contributed by atoms with Gasteiger partial charge in [-0.3, -0.25) is 4.79 Å². The number of halogens is 1. The van der Waals surface area contributed by atoms with Gasteiger partial charge in [-0.25, -0.2) is 5.43 Å². The molecule has 0 aliphatic heterocycles. The lowest BCUT2D eigenvalue weighted by molar-refractivity contribution is 0.0955. The Morgan fingerprint density at radius 3 is 2.30 bits per heavy atom. The highest BCUT2D eigenvalue weighted by molar-refractivity contribution is 6.30. The predicted molar refractivity (Wildman–Crippen MR) is 95.1 cm³/mol. The molecule has 3 aromatic carbocycles. The number of rotatable bonds is 3. The molecule has 0 saturated heterocycles. The Morgan fingerprint density at radius 1 is 0.913 bits per heavy atom. The number of carbonyl (C=O) groups is 1. The Hall–Kier alpha value is -2.65. The smallest absolute Gasteiger partial charge is 0.267 e. The number of hydrazone groups is 1. The number of carbonyl (C=O) groups excluding carboxylic acids is 1. The van der Waals surface area contributed by atoms with Crippen LogP contribution in [0.2, 0.25) is 5.02 Å². The van der Waals surface area contributed by atoms with Gasteiger partial charge in [-0.15, -0.1) is 0 Å². The van der Waals surface area contributed by atoms with E-state index in [1.807, 2.05) is 31.2 Å². The van der Waals surface area contributed by atoms with Crippen LogP contribution in [0.1, 0.15) is 22.8 Å². The standard InChI is InChI=1S/C19H15ClN2O/c1-13(16-7-6-14-4-2-3-5-17(14)12-16)21-22-19(23)15-8-10-18(20)11-9-15/h2-12H,1H3,(H,22,23)/b21-13-. The minimum absolute atomic E-state index is 0.262. The van der Waals surface area contributed by atoms with Crippen LogP contribution in [0.15, 0.2) is 71.8 Å². The first-order valence-electron chi connectivity index (χ1n) is 7.23. The molecule has 3 aromatic rings. The van der Waals surface area contributed by atoms with Crippen LogP contribution in [0.4, 0.5) is 0 Å². The summed E-state index contributed by atoms with van der Waals surface area (Å²) in [5.74, 6) is -0.262. The molecule has 114 valence electrons. The quantitative estimate of drug-likeness (QED) is 0.553. The van der Waals surface area contributed by atoms with E-state index < -0.39 is 0 Å². The maximum Gasteiger partial charge on any atom is 0.271 e. The molecule has 0 unspecified atom stereocenters. The summed E-state index contributed by atoms with van der Waals surface area (Å²) < 4.78 is 0. The number of benzene rings is 3. The molecule has 0 heterocycles. The first-order chi connectivity index (χ1) is 11.1. The summed E-state index contributed by atoms with van der Waals surface area (Å²) in [6, 6.07) is 20.9. The number of nitrogens with zero attached hydrogens (tertiary/aromatic N) is 1. The van der Waals surface area contributed by atoms with Crippen molar-refractivity contribution in [2.75, 3.05) is 0 Å². The van der Waals surface area contributed by atoms with Gasteiger partial charge in [0, 0.05) is 10.6 Å². The molecule has 0 aliphatic carbocycles. The van der Waals surface area contributed by atoms with Crippen LogP contribution in [0.3, 0.4) is 0 Å². The summed E-state index contributed by atoms with van der Waals surface area (Å²) in [4.78, 5) is 12.0. The largest absolute Gasteiger partial charge is 0.271 e. The molecule has 4 heteroatoms. The van der Waals surface area contributed by atoms with E-state index in [4.69, 9.17) is 11.6 Å². The first-order valence-corrected chi connectivity index (χ1v) is 7.61. The summed E-state index contributed by atoms with van der Waals surface area (Å²) in [6.07, 6.45) is 0. The molecular formula is C19H15ClN2O.